The summed E-state index contributed by atoms with van der Waals surface area (Å²) in [5.41, 5.74) is -0.544. The maximum Gasteiger partial charge on any atom is 0.341 e. The summed E-state index contributed by atoms with van der Waals surface area (Å²) in [6.07, 6.45) is 1.51. The Labute approximate surface area is 97.2 Å². The smallest absolute Gasteiger partial charge is 0.305 e. The van der Waals surface area contributed by atoms with E-state index in [9.17, 15) is 9.36 Å². The summed E-state index contributed by atoms with van der Waals surface area (Å²) in [7, 11) is -3.28. The number of hydrogen-bond acceptors (Lipinski definition) is 4. The fraction of sp³-hybridized carbons (Fsp3) is 0.909. The van der Waals surface area contributed by atoms with E-state index in [0.717, 1.165) is 6.42 Å². The van der Waals surface area contributed by atoms with Crippen LogP contribution in [0.5, 0.6) is 0 Å². The zero-order valence-electron chi connectivity index (χ0n) is 10.4. The molecule has 1 aliphatic carbocycles. The maximum absolute atomic E-state index is 12.6. The van der Waals surface area contributed by atoms with Gasteiger partial charge in [-0.3, -0.25) is 9.36 Å². The van der Waals surface area contributed by atoms with Gasteiger partial charge in [-0.15, -0.1) is 0 Å². The highest BCUT2D eigenvalue weighted by atomic mass is 31.2. The molecular weight excluding hydrogens is 227 g/mol. The van der Waals surface area contributed by atoms with E-state index in [1.807, 2.05) is 0 Å². The van der Waals surface area contributed by atoms with Gasteiger partial charge in [-0.05, 0) is 40.5 Å². The van der Waals surface area contributed by atoms with Crippen molar-refractivity contribution in [2.24, 2.45) is 0 Å². The lowest BCUT2D eigenvalue weighted by molar-refractivity contribution is -0.117. The molecule has 0 aliphatic heterocycles. The fourth-order valence-corrected chi connectivity index (χ4v) is 4.39. The van der Waals surface area contributed by atoms with Crippen molar-refractivity contribution in [3.63, 3.8) is 0 Å². The third-order valence-corrected chi connectivity index (χ3v) is 5.11. The Kier molecular flexibility index (Phi) is 4.72. The molecule has 5 heteroatoms. The lowest BCUT2D eigenvalue weighted by Crippen LogP contribution is -2.21. The van der Waals surface area contributed by atoms with Gasteiger partial charge in [-0.1, -0.05) is 0 Å². The third kappa shape index (κ3) is 3.41. The van der Waals surface area contributed by atoms with E-state index in [-0.39, 0.29) is 18.0 Å². The van der Waals surface area contributed by atoms with E-state index >= 15 is 0 Å². The lowest BCUT2D eigenvalue weighted by atomic mass is 10.3. The molecule has 1 atom stereocenters. The second kappa shape index (κ2) is 5.44. The van der Waals surface area contributed by atoms with Crippen LogP contribution in [-0.2, 0) is 18.4 Å². The number of ketones is 1. The molecule has 16 heavy (non-hydrogen) atoms. The number of carbonyl (C=O) groups is 1. The molecule has 1 fully saturated rings. The number of Topliss-reactive ketones (excluding diaryl/α,β-unsaturated/α-hetero) is 1. The van der Waals surface area contributed by atoms with E-state index in [4.69, 9.17) is 9.05 Å². The van der Waals surface area contributed by atoms with E-state index in [2.05, 4.69) is 0 Å². The van der Waals surface area contributed by atoms with Gasteiger partial charge in [-0.2, -0.15) is 0 Å². The first-order chi connectivity index (χ1) is 7.35. The highest BCUT2D eigenvalue weighted by molar-refractivity contribution is 7.55. The Morgan fingerprint density at radius 3 is 2.00 bits per heavy atom. The van der Waals surface area contributed by atoms with Crippen molar-refractivity contribution in [3.05, 3.63) is 0 Å². The Morgan fingerprint density at radius 2 is 1.69 bits per heavy atom. The van der Waals surface area contributed by atoms with Crippen molar-refractivity contribution < 1.29 is 18.4 Å². The van der Waals surface area contributed by atoms with E-state index in [0.29, 0.717) is 12.8 Å². The quantitative estimate of drug-likeness (QED) is 0.701. The van der Waals surface area contributed by atoms with Crippen molar-refractivity contribution >= 4 is 13.4 Å². The summed E-state index contributed by atoms with van der Waals surface area (Å²) >= 11 is 0. The molecule has 0 saturated heterocycles. The standard InChI is InChI=1S/C11H21O4P/c1-8(2)14-16(13,15-9(3)4)11-7-5-6-10(11)12/h8-9,11H,5-7H2,1-4H3. The van der Waals surface area contributed by atoms with Gasteiger partial charge in [0.2, 0.25) is 0 Å². The highest BCUT2D eigenvalue weighted by Crippen LogP contribution is 2.58. The molecule has 0 spiro atoms. The molecule has 0 heterocycles. The summed E-state index contributed by atoms with van der Waals surface area (Å²) in [6, 6.07) is 0. The van der Waals surface area contributed by atoms with Gasteiger partial charge >= 0.3 is 7.60 Å². The van der Waals surface area contributed by atoms with Gasteiger partial charge in [0.25, 0.3) is 0 Å². The van der Waals surface area contributed by atoms with Gasteiger partial charge in [-0.25, -0.2) is 0 Å². The van der Waals surface area contributed by atoms with Crippen molar-refractivity contribution in [2.45, 2.75) is 64.8 Å². The van der Waals surface area contributed by atoms with E-state index < -0.39 is 13.3 Å². The van der Waals surface area contributed by atoms with Gasteiger partial charge in [0.15, 0.2) is 0 Å². The molecule has 4 nitrogen and oxygen atoms in total. The summed E-state index contributed by atoms with van der Waals surface area (Å²) in [6.45, 7) is 7.21. The predicted octanol–water partition coefficient (Wildman–Crippen LogP) is 3.15. The molecule has 1 rings (SSSR count). The molecule has 0 N–H and O–H groups in total. The van der Waals surface area contributed by atoms with Gasteiger partial charge in [0.1, 0.15) is 11.4 Å². The second-order valence-corrected chi connectivity index (χ2v) is 6.85. The van der Waals surface area contributed by atoms with Crippen LogP contribution >= 0.6 is 7.60 Å². The second-order valence-electron chi connectivity index (χ2n) is 4.72. The van der Waals surface area contributed by atoms with Crippen molar-refractivity contribution in [3.8, 4) is 0 Å². The average molecular weight is 248 g/mol. The average Bonchev–Trinajstić information content (AvgIpc) is 2.48. The minimum atomic E-state index is -3.28. The van der Waals surface area contributed by atoms with Crippen molar-refractivity contribution in [1.82, 2.24) is 0 Å². The molecule has 0 amide bonds. The molecular formula is C11H21O4P. The Hall–Kier alpha value is -0.180. The molecule has 1 unspecified atom stereocenters. The number of hydrogen-bond donors (Lipinski definition) is 0. The van der Waals surface area contributed by atoms with Gasteiger partial charge in [0.05, 0.1) is 12.2 Å². The minimum absolute atomic E-state index is 0.0182. The van der Waals surface area contributed by atoms with Crippen LogP contribution in [0, 0.1) is 0 Å². The molecule has 0 aromatic rings. The zero-order chi connectivity index (χ0) is 12.3. The molecule has 94 valence electrons. The molecule has 0 radical (unpaired) electrons. The van der Waals surface area contributed by atoms with Crippen LogP contribution in [0.15, 0.2) is 0 Å². The van der Waals surface area contributed by atoms with E-state index in [1.165, 1.54) is 0 Å². The monoisotopic (exact) mass is 248 g/mol. The number of carbonyl (C=O) groups excluding carboxylic acids is 1. The van der Waals surface area contributed by atoms with Crippen molar-refractivity contribution in [1.29, 1.82) is 0 Å². The first-order valence-corrected chi connectivity index (χ1v) is 7.45. The van der Waals surface area contributed by atoms with Crippen LogP contribution in [0.2, 0.25) is 0 Å². The normalized spacial score (nSPS) is 22.4. The highest BCUT2D eigenvalue weighted by Gasteiger charge is 2.44. The van der Waals surface area contributed by atoms with Crippen LogP contribution in [0.3, 0.4) is 0 Å². The summed E-state index contributed by atoms with van der Waals surface area (Å²) in [4.78, 5) is 11.7. The SMILES string of the molecule is CC(C)OP(=O)(OC(C)C)C1CCCC1=O. The fourth-order valence-electron chi connectivity index (χ4n) is 1.89. The molecule has 0 aromatic heterocycles. The zero-order valence-corrected chi connectivity index (χ0v) is 11.3. The van der Waals surface area contributed by atoms with Gasteiger partial charge < -0.3 is 9.05 Å². The van der Waals surface area contributed by atoms with Crippen LogP contribution in [0.1, 0.15) is 47.0 Å². The Balaban J connectivity index is 2.85. The number of rotatable bonds is 5. The van der Waals surface area contributed by atoms with Crippen LogP contribution in [0.25, 0.3) is 0 Å². The topological polar surface area (TPSA) is 52.6 Å². The molecule has 1 aliphatic rings. The Morgan fingerprint density at radius 1 is 1.19 bits per heavy atom. The molecule has 0 bridgehead atoms. The summed E-state index contributed by atoms with van der Waals surface area (Å²) in [5.74, 6) is 0.0182. The minimum Gasteiger partial charge on any atom is -0.305 e. The van der Waals surface area contributed by atoms with Crippen LogP contribution in [0.4, 0.5) is 0 Å². The predicted molar refractivity (Wildman–Crippen MR) is 62.7 cm³/mol. The van der Waals surface area contributed by atoms with Crippen LogP contribution in [-0.4, -0.2) is 23.7 Å². The maximum atomic E-state index is 12.6. The van der Waals surface area contributed by atoms with E-state index in [1.54, 1.807) is 27.7 Å². The lowest BCUT2D eigenvalue weighted by Gasteiger charge is -2.26. The van der Waals surface area contributed by atoms with Gasteiger partial charge in [0, 0.05) is 6.42 Å². The third-order valence-electron chi connectivity index (χ3n) is 2.37. The molecule has 1 saturated carbocycles. The Bertz CT molecular complexity index is 284. The summed E-state index contributed by atoms with van der Waals surface area (Å²) in [5, 5.41) is 0. The van der Waals surface area contributed by atoms with Crippen molar-refractivity contribution in [2.75, 3.05) is 0 Å². The molecule has 0 aromatic carbocycles. The van der Waals surface area contributed by atoms with Crippen LogP contribution < -0.4 is 0 Å². The first-order valence-electron chi connectivity index (χ1n) is 5.84. The first kappa shape index (κ1) is 13.9. The largest absolute Gasteiger partial charge is 0.341 e. The summed E-state index contributed by atoms with van der Waals surface area (Å²) < 4.78 is 23.4.